The van der Waals surface area contributed by atoms with E-state index in [4.69, 9.17) is 9.47 Å². The number of carbonyl (C=O) groups excluding carboxylic acids is 1. The van der Waals surface area contributed by atoms with Crippen LogP contribution in [0.5, 0.6) is 0 Å². The van der Waals surface area contributed by atoms with Crippen LogP contribution in [0.2, 0.25) is 0 Å². The van der Waals surface area contributed by atoms with Gasteiger partial charge in [-0.15, -0.1) is 0 Å². The summed E-state index contributed by atoms with van der Waals surface area (Å²) in [5.74, 6) is -0.0362. The van der Waals surface area contributed by atoms with Crippen molar-refractivity contribution in [2.24, 2.45) is 0 Å². The first-order valence-corrected chi connectivity index (χ1v) is 7.71. The second kappa shape index (κ2) is 9.35. The molecule has 0 aliphatic heterocycles. The van der Waals surface area contributed by atoms with Crippen molar-refractivity contribution in [3.63, 3.8) is 0 Å². The summed E-state index contributed by atoms with van der Waals surface area (Å²) in [6, 6.07) is 0. The Balaban J connectivity index is 3.77. The lowest BCUT2D eigenvalue weighted by molar-refractivity contribution is -0.133. The van der Waals surface area contributed by atoms with Crippen molar-refractivity contribution in [2.75, 3.05) is 19.8 Å². The number of amides is 1. The first-order chi connectivity index (χ1) is 9.16. The topological polar surface area (TPSA) is 47.6 Å². The van der Waals surface area contributed by atoms with Gasteiger partial charge < -0.3 is 14.8 Å². The first-order valence-electron chi connectivity index (χ1n) is 7.71. The number of unbranched alkanes of at least 4 members (excludes halogenated alkanes) is 2. The summed E-state index contributed by atoms with van der Waals surface area (Å²) in [6.45, 7) is 13.7. The maximum absolute atomic E-state index is 11.6. The van der Waals surface area contributed by atoms with Crippen LogP contribution < -0.4 is 5.32 Å². The van der Waals surface area contributed by atoms with E-state index in [-0.39, 0.29) is 23.7 Å². The third-order valence-corrected chi connectivity index (χ3v) is 2.94. The van der Waals surface area contributed by atoms with E-state index in [2.05, 4.69) is 12.2 Å². The smallest absolute Gasteiger partial charge is 0.246 e. The highest BCUT2D eigenvalue weighted by atomic mass is 16.5. The van der Waals surface area contributed by atoms with Crippen molar-refractivity contribution in [2.45, 2.75) is 78.4 Å². The average Bonchev–Trinajstić information content (AvgIpc) is 2.30. The number of rotatable bonds is 10. The molecule has 0 rings (SSSR count). The summed E-state index contributed by atoms with van der Waals surface area (Å²) in [6.07, 6.45) is 4.11. The SMILES string of the molecule is CCCCCNC(=O)COC(C)(C)CCOC(C)(C)C. The predicted octanol–water partition coefficient (Wildman–Crippen LogP) is 3.29. The molecule has 120 valence electrons. The summed E-state index contributed by atoms with van der Waals surface area (Å²) in [5.41, 5.74) is -0.473. The highest BCUT2D eigenvalue weighted by molar-refractivity contribution is 5.77. The molecule has 0 aliphatic carbocycles. The van der Waals surface area contributed by atoms with E-state index in [0.29, 0.717) is 6.61 Å². The average molecular weight is 287 g/mol. The third-order valence-electron chi connectivity index (χ3n) is 2.94. The molecule has 4 nitrogen and oxygen atoms in total. The van der Waals surface area contributed by atoms with Crippen LogP contribution in [0.15, 0.2) is 0 Å². The number of nitrogens with one attached hydrogen (secondary N) is 1. The lowest BCUT2D eigenvalue weighted by Gasteiger charge is -2.27. The van der Waals surface area contributed by atoms with Gasteiger partial charge in [0, 0.05) is 13.2 Å². The van der Waals surface area contributed by atoms with E-state index in [1.54, 1.807) is 0 Å². The van der Waals surface area contributed by atoms with Gasteiger partial charge in [0.15, 0.2) is 0 Å². The fraction of sp³-hybridized carbons (Fsp3) is 0.938. The zero-order valence-electron chi connectivity index (χ0n) is 14.2. The van der Waals surface area contributed by atoms with Gasteiger partial charge >= 0.3 is 0 Å². The van der Waals surface area contributed by atoms with Crippen LogP contribution >= 0.6 is 0 Å². The zero-order valence-corrected chi connectivity index (χ0v) is 14.2. The highest BCUT2D eigenvalue weighted by Gasteiger charge is 2.21. The van der Waals surface area contributed by atoms with E-state index in [0.717, 1.165) is 32.2 Å². The summed E-state index contributed by atoms with van der Waals surface area (Å²) in [7, 11) is 0. The lowest BCUT2D eigenvalue weighted by Crippen LogP contribution is -2.35. The van der Waals surface area contributed by atoms with Crippen LogP contribution in [-0.4, -0.2) is 36.9 Å². The van der Waals surface area contributed by atoms with Crippen LogP contribution in [0.3, 0.4) is 0 Å². The van der Waals surface area contributed by atoms with Gasteiger partial charge in [0.1, 0.15) is 6.61 Å². The molecule has 0 aromatic rings. The van der Waals surface area contributed by atoms with Gasteiger partial charge in [0.25, 0.3) is 0 Å². The third kappa shape index (κ3) is 12.4. The maximum atomic E-state index is 11.6. The molecule has 0 aromatic carbocycles. The molecule has 4 heteroatoms. The van der Waals surface area contributed by atoms with Crippen LogP contribution in [0.1, 0.15) is 67.2 Å². The van der Waals surface area contributed by atoms with E-state index in [1.165, 1.54) is 0 Å². The van der Waals surface area contributed by atoms with Crippen molar-refractivity contribution in [1.29, 1.82) is 0 Å². The molecule has 0 saturated heterocycles. The number of hydrogen-bond acceptors (Lipinski definition) is 3. The monoisotopic (exact) mass is 287 g/mol. The maximum Gasteiger partial charge on any atom is 0.246 e. The van der Waals surface area contributed by atoms with Gasteiger partial charge in [0.2, 0.25) is 5.91 Å². The van der Waals surface area contributed by atoms with Gasteiger partial charge in [-0.2, -0.15) is 0 Å². The summed E-state index contributed by atoms with van der Waals surface area (Å²) < 4.78 is 11.4. The van der Waals surface area contributed by atoms with Crippen LogP contribution in [0.25, 0.3) is 0 Å². The van der Waals surface area contributed by atoms with Crippen LogP contribution in [-0.2, 0) is 14.3 Å². The van der Waals surface area contributed by atoms with Crippen molar-refractivity contribution in [3.8, 4) is 0 Å². The quantitative estimate of drug-likeness (QED) is 0.627. The van der Waals surface area contributed by atoms with E-state index in [1.807, 2.05) is 34.6 Å². The lowest BCUT2D eigenvalue weighted by atomic mass is 10.1. The van der Waals surface area contributed by atoms with E-state index >= 15 is 0 Å². The standard InChI is InChI=1S/C16H33NO3/c1-7-8-9-11-17-14(18)13-20-16(5,6)10-12-19-15(2,3)4/h7-13H2,1-6H3,(H,17,18). The molecule has 1 amide bonds. The first kappa shape index (κ1) is 19.4. The summed E-state index contributed by atoms with van der Waals surface area (Å²) in [4.78, 5) is 11.6. The molecule has 0 saturated carbocycles. The predicted molar refractivity (Wildman–Crippen MR) is 82.9 cm³/mol. The van der Waals surface area contributed by atoms with E-state index < -0.39 is 0 Å². The van der Waals surface area contributed by atoms with Gasteiger partial charge in [-0.3, -0.25) is 4.79 Å². The molecule has 0 aliphatic rings. The number of hydrogen-bond donors (Lipinski definition) is 1. The normalized spacial score (nSPS) is 12.5. The Hall–Kier alpha value is -0.610. The largest absolute Gasteiger partial charge is 0.376 e. The Bertz CT molecular complexity index is 269. The molecule has 0 atom stereocenters. The molecule has 0 heterocycles. The van der Waals surface area contributed by atoms with Crippen molar-refractivity contribution < 1.29 is 14.3 Å². The zero-order chi connectivity index (χ0) is 15.6. The minimum absolute atomic E-state index is 0.0362. The van der Waals surface area contributed by atoms with Gasteiger partial charge in [-0.05, 0) is 47.5 Å². The minimum Gasteiger partial charge on any atom is -0.376 e. The second-order valence-electron chi connectivity index (χ2n) is 6.82. The Morgan fingerprint density at radius 2 is 1.70 bits per heavy atom. The Morgan fingerprint density at radius 3 is 2.25 bits per heavy atom. The van der Waals surface area contributed by atoms with Crippen molar-refractivity contribution >= 4 is 5.91 Å². The Labute approximate surface area is 124 Å². The molecule has 0 spiro atoms. The molecular weight excluding hydrogens is 254 g/mol. The summed E-state index contributed by atoms with van der Waals surface area (Å²) in [5, 5.41) is 2.88. The fourth-order valence-electron chi connectivity index (χ4n) is 1.59. The van der Waals surface area contributed by atoms with E-state index in [9.17, 15) is 4.79 Å². The molecule has 0 unspecified atom stereocenters. The molecule has 1 N–H and O–H groups in total. The van der Waals surface area contributed by atoms with Gasteiger partial charge in [0.05, 0.1) is 11.2 Å². The minimum atomic E-state index is -0.341. The van der Waals surface area contributed by atoms with Gasteiger partial charge in [-0.25, -0.2) is 0 Å². The Kier molecular flexibility index (Phi) is 9.06. The molecule has 20 heavy (non-hydrogen) atoms. The fourth-order valence-corrected chi connectivity index (χ4v) is 1.59. The molecular formula is C16H33NO3. The van der Waals surface area contributed by atoms with Gasteiger partial charge in [-0.1, -0.05) is 19.8 Å². The molecule has 0 aromatic heterocycles. The molecule has 0 radical (unpaired) electrons. The molecule has 0 bridgehead atoms. The molecule has 0 fully saturated rings. The van der Waals surface area contributed by atoms with Crippen molar-refractivity contribution in [1.82, 2.24) is 5.32 Å². The summed E-state index contributed by atoms with van der Waals surface area (Å²) >= 11 is 0. The number of ether oxygens (including phenoxy) is 2. The van der Waals surface area contributed by atoms with Crippen molar-refractivity contribution in [3.05, 3.63) is 0 Å². The Morgan fingerprint density at radius 1 is 1.05 bits per heavy atom. The van der Waals surface area contributed by atoms with Crippen LogP contribution in [0.4, 0.5) is 0 Å². The number of carbonyl (C=O) groups is 1. The highest BCUT2D eigenvalue weighted by Crippen LogP contribution is 2.16. The second-order valence-corrected chi connectivity index (χ2v) is 6.82. The van der Waals surface area contributed by atoms with Crippen LogP contribution in [0, 0.1) is 0 Å².